The Hall–Kier alpha value is -2.81. The number of nitrogens with two attached hydrogens (primary N) is 1. The number of nitrogen functional groups attached to an aromatic ring is 1. The highest BCUT2D eigenvalue weighted by atomic mass is 32.2. The summed E-state index contributed by atoms with van der Waals surface area (Å²) in [4.78, 5) is 16.7. The predicted molar refractivity (Wildman–Crippen MR) is 110 cm³/mol. The number of carbonyl (C=O) groups excluding carboxylic acids is 1. The van der Waals surface area contributed by atoms with Gasteiger partial charge in [-0.2, -0.15) is 10.1 Å². The van der Waals surface area contributed by atoms with Gasteiger partial charge < -0.3 is 15.6 Å². The lowest BCUT2D eigenvalue weighted by Crippen LogP contribution is -2.35. The minimum atomic E-state index is -0.145. The van der Waals surface area contributed by atoms with Crippen LogP contribution >= 0.6 is 11.8 Å². The van der Waals surface area contributed by atoms with Crippen LogP contribution in [-0.4, -0.2) is 38.1 Å². The molecule has 9 heteroatoms. The Morgan fingerprint density at radius 1 is 1.36 bits per heavy atom. The Balaban J connectivity index is 1.89. The van der Waals surface area contributed by atoms with Gasteiger partial charge in [0.2, 0.25) is 11.7 Å². The van der Waals surface area contributed by atoms with Gasteiger partial charge in [0.1, 0.15) is 23.0 Å². The first-order valence-corrected chi connectivity index (χ1v) is 10.3. The van der Waals surface area contributed by atoms with Crippen LogP contribution in [0, 0.1) is 6.92 Å². The molecule has 0 radical (unpaired) electrons. The molecule has 1 amide bonds. The molecule has 2 heterocycles. The molecule has 0 saturated carbocycles. The number of anilines is 1. The van der Waals surface area contributed by atoms with Gasteiger partial charge in [0.25, 0.3) is 5.89 Å². The monoisotopic (exact) mass is 400 g/mol. The fourth-order valence-electron chi connectivity index (χ4n) is 2.62. The average Bonchev–Trinajstić information content (AvgIpc) is 3.27. The van der Waals surface area contributed by atoms with Crippen molar-refractivity contribution in [1.29, 1.82) is 0 Å². The fraction of sp³-hybridized carbons (Fsp3) is 0.368. The van der Waals surface area contributed by atoms with Crippen molar-refractivity contribution in [2.45, 2.75) is 44.8 Å². The minimum Gasteiger partial charge on any atom is -0.383 e. The number of aromatic nitrogens is 4. The smallest absolute Gasteiger partial charge is 0.264 e. The van der Waals surface area contributed by atoms with Crippen molar-refractivity contribution in [3.05, 3.63) is 29.8 Å². The summed E-state index contributed by atoms with van der Waals surface area (Å²) >= 11 is 1.41. The van der Waals surface area contributed by atoms with Gasteiger partial charge in [0.05, 0.1) is 0 Å². The Morgan fingerprint density at radius 3 is 2.71 bits per heavy atom. The summed E-state index contributed by atoms with van der Waals surface area (Å²) < 4.78 is 6.92. The van der Waals surface area contributed by atoms with E-state index in [0.717, 1.165) is 17.5 Å². The standard InChI is InChI=1S/C19H24N6O2S/c1-5-12(3)21-14(26)10-25-16(20)15(19(23-25)28-4)18-22-17(24-27-18)13-8-6-11(2)7-9-13/h6-9,12H,5,10,20H2,1-4H3,(H,21,26)/t12-/m1/s1. The van der Waals surface area contributed by atoms with Gasteiger partial charge in [-0.25, -0.2) is 4.68 Å². The second-order valence-corrected chi connectivity index (χ2v) is 7.39. The van der Waals surface area contributed by atoms with E-state index in [9.17, 15) is 4.79 Å². The molecule has 0 saturated heterocycles. The molecule has 3 rings (SSSR count). The van der Waals surface area contributed by atoms with E-state index in [1.54, 1.807) is 0 Å². The van der Waals surface area contributed by atoms with E-state index in [4.69, 9.17) is 10.3 Å². The van der Waals surface area contributed by atoms with Crippen molar-refractivity contribution in [3.63, 3.8) is 0 Å². The van der Waals surface area contributed by atoms with Gasteiger partial charge in [-0.15, -0.1) is 11.8 Å². The molecule has 0 fully saturated rings. The SMILES string of the molecule is CC[C@@H](C)NC(=O)Cn1nc(SC)c(-c2nc(-c3ccc(C)cc3)no2)c1N. The van der Waals surface area contributed by atoms with Crippen molar-refractivity contribution >= 4 is 23.5 Å². The highest BCUT2D eigenvalue weighted by Crippen LogP contribution is 2.34. The predicted octanol–water partition coefficient (Wildman–Crippen LogP) is 3.13. The third kappa shape index (κ3) is 4.19. The Kier molecular flexibility index (Phi) is 6.03. The van der Waals surface area contributed by atoms with Crippen LogP contribution in [0.15, 0.2) is 33.8 Å². The first-order chi connectivity index (χ1) is 13.4. The second-order valence-electron chi connectivity index (χ2n) is 6.59. The zero-order valence-corrected chi connectivity index (χ0v) is 17.2. The van der Waals surface area contributed by atoms with Crippen LogP contribution in [0.5, 0.6) is 0 Å². The molecule has 0 spiro atoms. The number of thioether (sulfide) groups is 1. The summed E-state index contributed by atoms with van der Waals surface area (Å²) in [5, 5.41) is 12.0. The van der Waals surface area contributed by atoms with Crippen molar-refractivity contribution in [2.24, 2.45) is 0 Å². The number of benzene rings is 1. The zero-order chi connectivity index (χ0) is 20.3. The first kappa shape index (κ1) is 19.9. The third-order valence-electron chi connectivity index (χ3n) is 4.42. The molecule has 1 aromatic carbocycles. The highest BCUT2D eigenvalue weighted by Gasteiger charge is 2.24. The van der Waals surface area contributed by atoms with E-state index in [-0.39, 0.29) is 24.4 Å². The Labute approximate surface area is 167 Å². The molecular weight excluding hydrogens is 376 g/mol. The summed E-state index contributed by atoms with van der Waals surface area (Å²) in [5.74, 6) is 0.936. The van der Waals surface area contributed by atoms with Crippen molar-refractivity contribution in [2.75, 3.05) is 12.0 Å². The van der Waals surface area contributed by atoms with Crippen LogP contribution in [0.3, 0.4) is 0 Å². The highest BCUT2D eigenvalue weighted by molar-refractivity contribution is 7.98. The van der Waals surface area contributed by atoms with E-state index < -0.39 is 0 Å². The third-order valence-corrected chi connectivity index (χ3v) is 5.09. The van der Waals surface area contributed by atoms with E-state index in [1.807, 2.05) is 51.3 Å². The molecule has 0 bridgehead atoms. The van der Waals surface area contributed by atoms with E-state index in [1.165, 1.54) is 16.4 Å². The van der Waals surface area contributed by atoms with E-state index in [2.05, 4.69) is 20.6 Å². The van der Waals surface area contributed by atoms with Crippen molar-refractivity contribution in [1.82, 2.24) is 25.2 Å². The molecule has 0 aliphatic rings. The number of nitrogens with zero attached hydrogens (tertiary/aromatic N) is 4. The molecule has 0 aliphatic heterocycles. The molecule has 1 atom stereocenters. The van der Waals surface area contributed by atoms with Crippen LogP contribution < -0.4 is 11.1 Å². The fourth-order valence-corrected chi connectivity index (χ4v) is 3.20. The molecule has 8 nitrogen and oxygen atoms in total. The van der Waals surface area contributed by atoms with Gasteiger partial charge in [-0.3, -0.25) is 4.79 Å². The summed E-state index contributed by atoms with van der Waals surface area (Å²) in [6.07, 6.45) is 2.73. The van der Waals surface area contributed by atoms with Crippen LogP contribution in [0.4, 0.5) is 5.82 Å². The van der Waals surface area contributed by atoms with Crippen LogP contribution in [0.25, 0.3) is 22.8 Å². The molecule has 28 heavy (non-hydrogen) atoms. The topological polar surface area (TPSA) is 112 Å². The van der Waals surface area contributed by atoms with E-state index >= 15 is 0 Å². The van der Waals surface area contributed by atoms with Gasteiger partial charge >= 0.3 is 0 Å². The minimum absolute atomic E-state index is 0.0304. The lowest BCUT2D eigenvalue weighted by Gasteiger charge is -2.11. The summed E-state index contributed by atoms with van der Waals surface area (Å²) in [6.45, 7) is 6.01. The van der Waals surface area contributed by atoms with Gasteiger partial charge in [-0.1, -0.05) is 41.9 Å². The number of rotatable bonds is 7. The maximum absolute atomic E-state index is 12.2. The zero-order valence-electron chi connectivity index (χ0n) is 16.4. The molecular formula is C19H24N6O2S. The second kappa shape index (κ2) is 8.47. The summed E-state index contributed by atoms with van der Waals surface area (Å²) in [6, 6.07) is 7.94. The average molecular weight is 401 g/mol. The summed E-state index contributed by atoms with van der Waals surface area (Å²) in [7, 11) is 0. The Bertz CT molecular complexity index is 963. The Morgan fingerprint density at radius 2 is 2.07 bits per heavy atom. The lowest BCUT2D eigenvalue weighted by molar-refractivity contribution is -0.122. The lowest BCUT2D eigenvalue weighted by atomic mass is 10.1. The van der Waals surface area contributed by atoms with Gasteiger partial charge in [0, 0.05) is 11.6 Å². The van der Waals surface area contributed by atoms with Crippen LogP contribution in [-0.2, 0) is 11.3 Å². The normalized spacial score (nSPS) is 12.1. The van der Waals surface area contributed by atoms with Gasteiger partial charge in [-0.05, 0) is 26.5 Å². The number of carbonyl (C=O) groups is 1. The summed E-state index contributed by atoms with van der Waals surface area (Å²) in [5.41, 5.74) is 8.82. The quantitative estimate of drug-likeness (QED) is 0.586. The van der Waals surface area contributed by atoms with Crippen molar-refractivity contribution in [3.8, 4) is 22.8 Å². The number of aryl methyl sites for hydroxylation is 1. The van der Waals surface area contributed by atoms with Crippen LogP contribution in [0.2, 0.25) is 0 Å². The van der Waals surface area contributed by atoms with Crippen LogP contribution in [0.1, 0.15) is 25.8 Å². The number of amides is 1. The first-order valence-electron chi connectivity index (χ1n) is 9.03. The number of hydrogen-bond acceptors (Lipinski definition) is 7. The number of nitrogens with one attached hydrogen (secondary N) is 1. The maximum atomic E-state index is 12.2. The van der Waals surface area contributed by atoms with E-state index in [0.29, 0.717) is 22.2 Å². The largest absolute Gasteiger partial charge is 0.383 e. The molecule has 0 unspecified atom stereocenters. The number of hydrogen-bond donors (Lipinski definition) is 2. The maximum Gasteiger partial charge on any atom is 0.264 e. The molecule has 3 N–H and O–H groups in total. The molecule has 0 aliphatic carbocycles. The molecule has 148 valence electrons. The van der Waals surface area contributed by atoms with Crippen molar-refractivity contribution < 1.29 is 9.32 Å². The molecule has 2 aromatic heterocycles. The van der Waals surface area contributed by atoms with Gasteiger partial charge in [0.15, 0.2) is 0 Å². The molecule has 3 aromatic rings.